The standard InChI is InChI=1S/C26H38N4O6/c1-9-26(5,6)28-25(33)23(18-11-10-12-19(34-7)24(18)35-8)30(16(2)3)22(32)14-13-21(31)27-20-15-17(4)36-29-20/h10-12,15-16,23H,9,13-14H2,1-8H3,(H,28,33)(H,27,29,31)/t23-/m1/s1. The Bertz CT molecular complexity index is 1060. The van der Waals surface area contributed by atoms with Crippen molar-refractivity contribution in [3.63, 3.8) is 0 Å². The lowest BCUT2D eigenvalue weighted by Gasteiger charge is -2.37. The van der Waals surface area contributed by atoms with Crippen LogP contribution >= 0.6 is 0 Å². The molecular weight excluding hydrogens is 464 g/mol. The molecule has 0 unspecified atom stereocenters. The molecule has 10 heteroatoms. The lowest BCUT2D eigenvalue weighted by atomic mass is 9.96. The molecule has 3 amide bonds. The number of nitrogens with one attached hydrogen (secondary N) is 2. The van der Waals surface area contributed by atoms with Gasteiger partial charge in [0.15, 0.2) is 17.3 Å². The zero-order chi connectivity index (χ0) is 27.0. The van der Waals surface area contributed by atoms with Gasteiger partial charge in [-0.1, -0.05) is 24.2 Å². The van der Waals surface area contributed by atoms with Crippen molar-refractivity contribution >= 4 is 23.5 Å². The first-order valence-corrected chi connectivity index (χ1v) is 12.0. The minimum absolute atomic E-state index is 0.0853. The molecule has 0 aliphatic carbocycles. The fourth-order valence-electron chi connectivity index (χ4n) is 3.75. The molecule has 0 bridgehead atoms. The summed E-state index contributed by atoms with van der Waals surface area (Å²) >= 11 is 0. The number of nitrogens with zero attached hydrogens (tertiary/aromatic N) is 2. The summed E-state index contributed by atoms with van der Waals surface area (Å²) in [7, 11) is 3.00. The molecule has 0 aliphatic heterocycles. The molecule has 0 fully saturated rings. The lowest BCUT2D eigenvalue weighted by Crippen LogP contribution is -2.52. The number of hydrogen-bond donors (Lipinski definition) is 2. The Morgan fingerprint density at radius 3 is 2.36 bits per heavy atom. The predicted molar refractivity (Wildman–Crippen MR) is 136 cm³/mol. The van der Waals surface area contributed by atoms with Gasteiger partial charge >= 0.3 is 0 Å². The summed E-state index contributed by atoms with van der Waals surface area (Å²) in [4.78, 5) is 41.1. The molecule has 0 saturated carbocycles. The number of aromatic nitrogens is 1. The van der Waals surface area contributed by atoms with Crippen LogP contribution in [0.2, 0.25) is 0 Å². The molecule has 0 radical (unpaired) electrons. The number of para-hydroxylation sites is 1. The largest absolute Gasteiger partial charge is 0.493 e. The Labute approximate surface area is 212 Å². The maximum atomic E-state index is 13.7. The number of aryl methyl sites for hydroxylation is 1. The quantitative estimate of drug-likeness (QED) is 0.450. The van der Waals surface area contributed by atoms with Crippen molar-refractivity contribution in [3.8, 4) is 11.5 Å². The maximum Gasteiger partial charge on any atom is 0.248 e. The number of benzene rings is 1. The van der Waals surface area contributed by atoms with Gasteiger partial charge in [-0.15, -0.1) is 0 Å². The zero-order valence-corrected chi connectivity index (χ0v) is 22.4. The molecular formula is C26H38N4O6. The Hall–Kier alpha value is -3.56. The molecule has 0 saturated heterocycles. The number of ether oxygens (including phenoxy) is 2. The Balaban J connectivity index is 2.40. The van der Waals surface area contributed by atoms with Crippen molar-refractivity contribution < 1.29 is 28.4 Å². The molecule has 198 valence electrons. The van der Waals surface area contributed by atoms with Gasteiger partial charge in [-0.2, -0.15) is 0 Å². The first-order chi connectivity index (χ1) is 16.9. The van der Waals surface area contributed by atoms with Crippen molar-refractivity contribution in [1.82, 2.24) is 15.4 Å². The van der Waals surface area contributed by atoms with Crippen LogP contribution in [0, 0.1) is 6.92 Å². The van der Waals surface area contributed by atoms with Crippen LogP contribution in [-0.2, 0) is 14.4 Å². The van der Waals surface area contributed by atoms with E-state index in [0.29, 0.717) is 29.2 Å². The predicted octanol–water partition coefficient (Wildman–Crippen LogP) is 4.00. The number of rotatable bonds is 12. The number of carbonyl (C=O) groups is 3. The highest BCUT2D eigenvalue weighted by molar-refractivity contribution is 5.94. The summed E-state index contributed by atoms with van der Waals surface area (Å²) in [5.41, 5.74) is -0.00577. The maximum absolute atomic E-state index is 13.7. The van der Waals surface area contributed by atoms with Crippen LogP contribution in [0.5, 0.6) is 11.5 Å². The minimum Gasteiger partial charge on any atom is -0.493 e. The molecule has 2 rings (SSSR count). The summed E-state index contributed by atoms with van der Waals surface area (Å²) < 4.78 is 16.0. The normalized spacial score (nSPS) is 12.1. The highest BCUT2D eigenvalue weighted by Gasteiger charge is 2.37. The van der Waals surface area contributed by atoms with Crippen molar-refractivity contribution in [3.05, 3.63) is 35.6 Å². The second-order valence-electron chi connectivity index (χ2n) is 9.48. The third-order valence-electron chi connectivity index (χ3n) is 5.91. The molecule has 2 aromatic rings. The lowest BCUT2D eigenvalue weighted by molar-refractivity contribution is -0.144. The van der Waals surface area contributed by atoms with E-state index < -0.39 is 11.6 Å². The van der Waals surface area contributed by atoms with Crippen LogP contribution in [0.4, 0.5) is 5.82 Å². The van der Waals surface area contributed by atoms with Crippen LogP contribution in [0.3, 0.4) is 0 Å². The summed E-state index contributed by atoms with van der Waals surface area (Å²) in [6, 6.07) is 5.45. The molecule has 1 heterocycles. The summed E-state index contributed by atoms with van der Waals surface area (Å²) in [5.74, 6) is 0.573. The Morgan fingerprint density at radius 2 is 1.83 bits per heavy atom. The smallest absolute Gasteiger partial charge is 0.248 e. The van der Waals surface area contributed by atoms with Gasteiger partial charge in [0, 0.05) is 36.1 Å². The summed E-state index contributed by atoms with van der Waals surface area (Å²) in [6.45, 7) is 11.2. The molecule has 2 N–H and O–H groups in total. The van der Waals surface area contributed by atoms with Gasteiger partial charge in [0.2, 0.25) is 17.7 Å². The topological polar surface area (TPSA) is 123 Å². The van der Waals surface area contributed by atoms with E-state index in [2.05, 4.69) is 15.8 Å². The number of hydrogen-bond acceptors (Lipinski definition) is 7. The fourth-order valence-corrected chi connectivity index (χ4v) is 3.75. The highest BCUT2D eigenvalue weighted by Crippen LogP contribution is 2.38. The Kier molecular flexibility index (Phi) is 9.89. The number of anilines is 1. The minimum atomic E-state index is -1.00. The molecule has 1 aromatic heterocycles. The van der Waals surface area contributed by atoms with Gasteiger partial charge in [-0.25, -0.2) is 0 Å². The van der Waals surface area contributed by atoms with Crippen molar-refractivity contribution in [2.75, 3.05) is 19.5 Å². The van der Waals surface area contributed by atoms with Crippen molar-refractivity contribution in [2.24, 2.45) is 0 Å². The SMILES string of the molecule is CCC(C)(C)NC(=O)[C@@H](c1cccc(OC)c1OC)N(C(=O)CCC(=O)Nc1cc(C)on1)C(C)C. The van der Waals surface area contributed by atoms with Crippen LogP contribution in [-0.4, -0.2) is 53.6 Å². The van der Waals surface area contributed by atoms with Crippen LogP contribution in [0.1, 0.15) is 71.2 Å². The average molecular weight is 503 g/mol. The highest BCUT2D eigenvalue weighted by atomic mass is 16.5. The molecule has 0 spiro atoms. The molecule has 36 heavy (non-hydrogen) atoms. The van der Waals surface area contributed by atoms with Gasteiger partial charge in [0.25, 0.3) is 0 Å². The number of amides is 3. The summed E-state index contributed by atoms with van der Waals surface area (Å²) in [6.07, 6.45) is 0.504. The second kappa shape index (κ2) is 12.4. The third-order valence-corrected chi connectivity index (χ3v) is 5.91. The van der Waals surface area contributed by atoms with E-state index in [-0.39, 0.29) is 42.4 Å². The van der Waals surface area contributed by atoms with Crippen LogP contribution in [0.15, 0.2) is 28.8 Å². The van der Waals surface area contributed by atoms with Gasteiger partial charge in [0.1, 0.15) is 11.8 Å². The van der Waals surface area contributed by atoms with E-state index in [1.807, 2.05) is 34.6 Å². The first-order valence-electron chi connectivity index (χ1n) is 12.0. The van der Waals surface area contributed by atoms with E-state index in [4.69, 9.17) is 14.0 Å². The molecule has 1 atom stereocenters. The van der Waals surface area contributed by atoms with E-state index in [1.165, 1.54) is 19.1 Å². The average Bonchev–Trinajstić information content (AvgIpc) is 3.23. The van der Waals surface area contributed by atoms with E-state index >= 15 is 0 Å². The zero-order valence-electron chi connectivity index (χ0n) is 22.4. The van der Waals surface area contributed by atoms with Gasteiger partial charge < -0.3 is 29.5 Å². The molecule has 10 nitrogen and oxygen atoms in total. The molecule has 0 aliphatic rings. The molecule has 1 aromatic carbocycles. The Morgan fingerprint density at radius 1 is 1.14 bits per heavy atom. The van der Waals surface area contributed by atoms with E-state index in [1.54, 1.807) is 31.2 Å². The fraction of sp³-hybridized carbons (Fsp3) is 0.538. The van der Waals surface area contributed by atoms with E-state index in [0.717, 1.165) is 0 Å². The monoisotopic (exact) mass is 502 g/mol. The second-order valence-corrected chi connectivity index (χ2v) is 9.48. The van der Waals surface area contributed by atoms with E-state index in [9.17, 15) is 14.4 Å². The van der Waals surface area contributed by atoms with Gasteiger partial charge in [-0.3, -0.25) is 14.4 Å². The first kappa shape index (κ1) is 28.7. The van der Waals surface area contributed by atoms with Gasteiger partial charge in [0.05, 0.1) is 14.2 Å². The number of carbonyl (C=O) groups excluding carboxylic acids is 3. The van der Waals surface area contributed by atoms with Crippen LogP contribution in [0.25, 0.3) is 0 Å². The van der Waals surface area contributed by atoms with Crippen molar-refractivity contribution in [2.45, 2.75) is 78.4 Å². The summed E-state index contributed by atoms with van der Waals surface area (Å²) in [5, 5.41) is 9.40. The van der Waals surface area contributed by atoms with Gasteiger partial charge in [-0.05, 0) is 47.1 Å². The van der Waals surface area contributed by atoms with Crippen molar-refractivity contribution in [1.29, 1.82) is 0 Å². The van der Waals surface area contributed by atoms with Crippen LogP contribution < -0.4 is 20.1 Å². The third kappa shape index (κ3) is 7.22. The number of methoxy groups -OCH3 is 2.